The first-order valence-electron chi connectivity index (χ1n) is 3.18. The SMILES string of the molecule is C#Cc1ccc(O)c(C(=O)O)c1. The van der Waals surface area contributed by atoms with E-state index in [1.165, 1.54) is 18.2 Å². The molecule has 0 atom stereocenters. The van der Waals surface area contributed by atoms with Gasteiger partial charge in [-0.15, -0.1) is 6.42 Å². The first-order valence-corrected chi connectivity index (χ1v) is 3.18. The van der Waals surface area contributed by atoms with E-state index in [1.807, 2.05) is 0 Å². The van der Waals surface area contributed by atoms with E-state index in [-0.39, 0.29) is 11.3 Å². The lowest BCUT2D eigenvalue weighted by Crippen LogP contribution is -1.96. The van der Waals surface area contributed by atoms with Crippen LogP contribution in [0.1, 0.15) is 15.9 Å². The highest BCUT2D eigenvalue weighted by Crippen LogP contribution is 2.17. The molecule has 0 fully saturated rings. The zero-order chi connectivity index (χ0) is 9.14. The molecule has 0 bridgehead atoms. The number of hydrogen-bond acceptors (Lipinski definition) is 2. The predicted octanol–water partition coefficient (Wildman–Crippen LogP) is 1.07. The highest BCUT2D eigenvalue weighted by molar-refractivity contribution is 5.91. The molecule has 0 amide bonds. The van der Waals surface area contributed by atoms with Crippen LogP contribution in [0.5, 0.6) is 5.75 Å². The Labute approximate surface area is 69.3 Å². The summed E-state index contributed by atoms with van der Waals surface area (Å²) in [4.78, 5) is 10.5. The minimum Gasteiger partial charge on any atom is -0.507 e. The van der Waals surface area contributed by atoms with Crippen molar-refractivity contribution in [2.45, 2.75) is 0 Å². The van der Waals surface area contributed by atoms with Crippen molar-refractivity contribution < 1.29 is 15.0 Å². The van der Waals surface area contributed by atoms with Gasteiger partial charge in [0.25, 0.3) is 0 Å². The van der Waals surface area contributed by atoms with Crippen LogP contribution in [0.2, 0.25) is 0 Å². The van der Waals surface area contributed by atoms with E-state index in [9.17, 15) is 4.79 Å². The van der Waals surface area contributed by atoms with Crippen LogP contribution in [0.25, 0.3) is 0 Å². The molecule has 3 nitrogen and oxygen atoms in total. The van der Waals surface area contributed by atoms with E-state index in [1.54, 1.807) is 0 Å². The monoisotopic (exact) mass is 162 g/mol. The standard InChI is InChI=1S/C9H6O3/c1-2-6-3-4-8(10)7(5-6)9(11)12/h1,3-5,10H,(H,11,12). The summed E-state index contributed by atoms with van der Waals surface area (Å²) in [5, 5.41) is 17.6. The molecule has 60 valence electrons. The van der Waals surface area contributed by atoms with Crippen LogP contribution in [0.4, 0.5) is 0 Å². The second-order valence-electron chi connectivity index (χ2n) is 2.18. The molecule has 1 aromatic carbocycles. The fourth-order valence-electron chi connectivity index (χ4n) is 0.797. The van der Waals surface area contributed by atoms with Gasteiger partial charge in [0.15, 0.2) is 0 Å². The molecule has 3 heteroatoms. The van der Waals surface area contributed by atoms with Crippen molar-refractivity contribution in [3.63, 3.8) is 0 Å². The number of phenols is 1. The van der Waals surface area contributed by atoms with Crippen molar-refractivity contribution in [3.8, 4) is 18.1 Å². The number of aromatic carboxylic acids is 1. The maximum absolute atomic E-state index is 10.5. The first kappa shape index (κ1) is 8.15. The molecule has 1 rings (SSSR count). The Bertz CT molecular complexity index is 361. The summed E-state index contributed by atoms with van der Waals surface area (Å²) in [7, 11) is 0. The molecule has 2 N–H and O–H groups in total. The van der Waals surface area contributed by atoms with Crippen LogP contribution in [-0.4, -0.2) is 16.2 Å². The third kappa shape index (κ3) is 1.38. The number of terminal acetylenes is 1. The van der Waals surface area contributed by atoms with Crippen LogP contribution < -0.4 is 0 Å². The summed E-state index contributed by atoms with van der Waals surface area (Å²) in [6, 6.07) is 3.98. The second kappa shape index (κ2) is 2.97. The Morgan fingerprint density at radius 2 is 2.17 bits per heavy atom. The van der Waals surface area contributed by atoms with Gasteiger partial charge in [0.2, 0.25) is 0 Å². The Balaban J connectivity index is 3.28. The van der Waals surface area contributed by atoms with E-state index in [2.05, 4.69) is 5.92 Å². The lowest BCUT2D eigenvalue weighted by molar-refractivity contribution is 0.0693. The van der Waals surface area contributed by atoms with Gasteiger partial charge in [-0.2, -0.15) is 0 Å². The minimum atomic E-state index is -1.19. The van der Waals surface area contributed by atoms with Crippen LogP contribution in [0, 0.1) is 12.3 Å². The summed E-state index contributed by atoms with van der Waals surface area (Å²) in [5.74, 6) is 0.808. The summed E-state index contributed by atoms with van der Waals surface area (Å²) < 4.78 is 0. The molecule has 1 aromatic rings. The number of benzene rings is 1. The molecule has 0 unspecified atom stereocenters. The average Bonchev–Trinajstić information content (AvgIpc) is 2.05. The van der Waals surface area contributed by atoms with E-state index in [4.69, 9.17) is 16.6 Å². The van der Waals surface area contributed by atoms with Crippen LogP contribution in [0.3, 0.4) is 0 Å². The Kier molecular flexibility index (Phi) is 2.02. The molecule has 0 aliphatic carbocycles. The van der Waals surface area contributed by atoms with Gasteiger partial charge in [-0.3, -0.25) is 0 Å². The topological polar surface area (TPSA) is 57.5 Å². The fourth-order valence-corrected chi connectivity index (χ4v) is 0.797. The number of rotatable bonds is 1. The van der Waals surface area contributed by atoms with E-state index >= 15 is 0 Å². The maximum atomic E-state index is 10.5. The predicted molar refractivity (Wildman–Crippen MR) is 43.0 cm³/mol. The number of carboxylic acids is 1. The molecule has 12 heavy (non-hydrogen) atoms. The van der Waals surface area contributed by atoms with Crippen molar-refractivity contribution in [3.05, 3.63) is 29.3 Å². The molecule has 0 aliphatic heterocycles. The van der Waals surface area contributed by atoms with Crippen LogP contribution in [0.15, 0.2) is 18.2 Å². The van der Waals surface area contributed by atoms with Gasteiger partial charge in [0.1, 0.15) is 11.3 Å². The fraction of sp³-hybridized carbons (Fsp3) is 0. The Hall–Kier alpha value is -1.95. The van der Waals surface area contributed by atoms with Crippen LogP contribution in [-0.2, 0) is 0 Å². The molecule has 0 radical (unpaired) electrons. The number of carboxylic acid groups (broad SMARTS) is 1. The largest absolute Gasteiger partial charge is 0.507 e. The van der Waals surface area contributed by atoms with Crippen molar-refractivity contribution in [2.75, 3.05) is 0 Å². The maximum Gasteiger partial charge on any atom is 0.339 e. The van der Waals surface area contributed by atoms with Crippen molar-refractivity contribution in [1.29, 1.82) is 0 Å². The van der Waals surface area contributed by atoms with Gasteiger partial charge in [0.05, 0.1) is 0 Å². The molecule has 0 saturated carbocycles. The van der Waals surface area contributed by atoms with Gasteiger partial charge in [-0.1, -0.05) is 5.92 Å². The number of hydrogen-bond donors (Lipinski definition) is 2. The zero-order valence-corrected chi connectivity index (χ0v) is 6.11. The first-order chi connectivity index (χ1) is 5.65. The quantitative estimate of drug-likeness (QED) is 0.607. The highest BCUT2D eigenvalue weighted by Gasteiger charge is 2.08. The lowest BCUT2D eigenvalue weighted by atomic mass is 10.1. The van der Waals surface area contributed by atoms with E-state index in [0.717, 1.165) is 0 Å². The van der Waals surface area contributed by atoms with Crippen molar-refractivity contribution in [1.82, 2.24) is 0 Å². The Morgan fingerprint density at radius 1 is 1.50 bits per heavy atom. The van der Waals surface area contributed by atoms with Gasteiger partial charge >= 0.3 is 5.97 Å². The molecular formula is C9H6O3. The number of aromatic hydroxyl groups is 1. The third-order valence-electron chi connectivity index (χ3n) is 1.39. The third-order valence-corrected chi connectivity index (χ3v) is 1.39. The van der Waals surface area contributed by atoms with Crippen molar-refractivity contribution >= 4 is 5.97 Å². The van der Waals surface area contributed by atoms with Gasteiger partial charge in [-0.05, 0) is 18.2 Å². The molecule has 0 aromatic heterocycles. The Morgan fingerprint density at radius 3 is 2.67 bits per heavy atom. The second-order valence-corrected chi connectivity index (χ2v) is 2.18. The summed E-state index contributed by atoms with van der Waals surface area (Å²) in [5.41, 5.74) is 0.260. The summed E-state index contributed by atoms with van der Waals surface area (Å²) in [6.07, 6.45) is 5.04. The molecule has 0 spiro atoms. The van der Waals surface area contributed by atoms with Crippen molar-refractivity contribution in [2.24, 2.45) is 0 Å². The molecular weight excluding hydrogens is 156 g/mol. The smallest absolute Gasteiger partial charge is 0.339 e. The summed E-state index contributed by atoms with van der Waals surface area (Å²) in [6.45, 7) is 0. The molecule has 0 aliphatic rings. The van der Waals surface area contributed by atoms with E-state index in [0.29, 0.717) is 5.56 Å². The normalized spacial score (nSPS) is 8.92. The minimum absolute atomic E-state index is 0.176. The lowest BCUT2D eigenvalue weighted by Gasteiger charge is -1.98. The molecule has 0 heterocycles. The van der Waals surface area contributed by atoms with Crippen LogP contribution >= 0.6 is 0 Å². The molecule has 0 saturated heterocycles. The van der Waals surface area contributed by atoms with Gasteiger partial charge in [-0.25, -0.2) is 4.79 Å². The average molecular weight is 162 g/mol. The van der Waals surface area contributed by atoms with Gasteiger partial charge in [0, 0.05) is 5.56 Å². The zero-order valence-electron chi connectivity index (χ0n) is 6.11. The van der Waals surface area contributed by atoms with Gasteiger partial charge < -0.3 is 10.2 Å². The van der Waals surface area contributed by atoms with E-state index < -0.39 is 5.97 Å². The summed E-state index contributed by atoms with van der Waals surface area (Å²) >= 11 is 0. The number of carbonyl (C=O) groups is 1. The highest BCUT2D eigenvalue weighted by atomic mass is 16.4.